The van der Waals surface area contributed by atoms with Crippen LogP contribution in [0.2, 0.25) is 0 Å². The van der Waals surface area contributed by atoms with E-state index in [0.29, 0.717) is 5.39 Å². The Hall–Kier alpha value is -4.01. The van der Waals surface area contributed by atoms with E-state index >= 15 is 0 Å². The third-order valence-corrected chi connectivity index (χ3v) is 7.87. The number of rotatable bonds is 10. The van der Waals surface area contributed by atoms with Gasteiger partial charge >= 0.3 is 19.4 Å². The third-order valence-electron chi connectivity index (χ3n) is 6.26. The summed E-state index contributed by atoms with van der Waals surface area (Å²) in [7, 11) is -4.62. The van der Waals surface area contributed by atoms with Gasteiger partial charge in [-0.25, -0.2) is 9.36 Å². The van der Waals surface area contributed by atoms with Crippen molar-refractivity contribution in [3.8, 4) is 5.75 Å². The Labute approximate surface area is 244 Å². The molecule has 1 unspecified atom stereocenters. The SMILES string of the molecule is C[C@H](NP(=O)(OC[C@@]1(N=[N+]=[N-])O[C@@H](n2ccc(=O)[nH]c2=O)[C@H](O)[C@@H]1O)Oc1cccc2ccccc12)C(=O)OC(C)(C)C. The Kier molecular flexibility index (Phi) is 9.13. The molecular formula is C26H31N6O10P. The largest absolute Gasteiger partial charge is 0.459 e. The monoisotopic (exact) mass is 618 g/mol. The van der Waals surface area contributed by atoms with Crippen LogP contribution in [-0.2, 0) is 23.4 Å². The molecule has 4 N–H and O–H groups in total. The number of ether oxygens (including phenoxy) is 2. The van der Waals surface area contributed by atoms with Crippen LogP contribution in [0, 0.1) is 0 Å². The van der Waals surface area contributed by atoms with E-state index in [-0.39, 0.29) is 5.75 Å². The predicted molar refractivity (Wildman–Crippen MR) is 152 cm³/mol. The number of benzene rings is 2. The van der Waals surface area contributed by atoms with Crippen molar-refractivity contribution >= 4 is 24.5 Å². The van der Waals surface area contributed by atoms with E-state index in [0.717, 1.165) is 22.2 Å². The molecule has 2 aromatic carbocycles. The van der Waals surface area contributed by atoms with Crippen molar-refractivity contribution in [2.45, 2.75) is 63.5 Å². The number of azide groups is 1. The van der Waals surface area contributed by atoms with E-state index in [2.05, 4.69) is 15.1 Å². The van der Waals surface area contributed by atoms with Crippen LogP contribution in [0.1, 0.15) is 33.9 Å². The van der Waals surface area contributed by atoms with Gasteiger partial charge in [0.25, 0.3) is 5.56 Å². The predicted octanol–water partition coefficient (Wildman–Crippen LogP) is 2.47. The number of aliphatic hydroxyl groups excluding tert-OH is 2. The summed E-state index contributed by atoms with van der Waals surface area (Å²) in [5.41, 5.74) is 4.27. The van der Waals surface area contributed by atoms with Crippen molar-refractivity contribution in [3.05, 3.63) is 86.0 Å². The average Bonchev–Trinajstić information content (AvgIpc) is 3.17. The van der Waals surface area contributed by atoms with Gasteiger partial charge in [-0.05, 0) is 44.7 Å². The lowest BCUT2D eigenvalue weighted by molar-refractivity contribution is -0.156. The molecule has 1 aliphatic rings. The van der Waals surface area contributed by atoms with Crippen molar-refractivity contribution in [1.29, 1.82) is 0 Å². The Balaban J connectivity index is 1.68. The number of nitrogens with zero attached hydrogens (tertiary/aromatic N) is 4. The van der Waals surface area contributed by atoms with Crippen LogP contribution in [-0.4, -0.2) is 61.9 Å². The third kappa shape index (κ3) is 7.14. The molecular weight excluding hydrogens is 587 g/mol. The van der Waals surface area contributed by atoms with Crippen molar-refractivity contribution < 1.29 is 38.1 Å². The van der Waals surface area contributed by atoms with Gasteiger partial charge < -0.3 is 24.2 Å². The Bertz CT molecular complexity index is 1710. The molecule has 6 atom stereocenters. The number of hydrogen-bond donors (Lipinski definition) is 4. The average molecular weight is 619 g/mol. The van der Waals surface area contributed by atoms with Crippen LogP contribution < -0.4 is 20.9 Å². The highest BCUT2D eigenvalue weighted by Crippen LogP contribution is 2.49. The zero-order valence-electron chi connectivity index (χ0n) is 23.6. The first kappa shape index (κ1) is 31.9. The molecule has 1 aliphatic heterocycles. The Morgan fingerprint density at radius 3 is 2.60 bits per heavy atom. The minimum Gasteiger partial charge on any atom is -0.459 e. The van der Waals surface area contributed by atoms with Gasteiger partial charge in [0.15, 0.2) is 6.23 Å². The summed E-state index contributed by atoms with van der Waals surface area (Å²) in [6.45, 7) is 5.33. The number of nitrogens with one attached hydrogen (secondary N) is 2. The van der Waals surface area contributed by atoms with Crippen LogP contribution >= 0.6 is 7.75 Å². The van der Waals surface area contributed by atoms with Crippen molar-refractivity contribution in [1.82, 2.24) is 14.6 Å². The van der Waals surface area contributed by atoms with E-state index in [1.165, 1.54) is 13.0 Å². The molecule has 0 spiro atoms. The topological polar surface area (TPSA) is 227 Å². The number of hydrogen-bond acceptors (Lipinski definition) is 11. The van der Waals surface area contributed by atoms with Gasteiger partial charge in [0, 0.05) is 22.6 Å². The molecule has 0 bridgehead atoms. The molecule has 0 radical (unpaired) electrons. The highest BCUT2D eigenvalue weighted by Gasteiger charge is 2.56. The molecule has 0 saturated carbocycles. The summed E-state index contributed by atoms with van der Waals surface area (Å²) < 4.78 is 37.5. The second-order valence-electron chi connectivity index (χ2n) is 10.7. The maximum atomic E-state index is 14.2. The maximum absolute atomic E-state index is 14.2. The maximum Gasteiger partial charge on any atom is 0.459 e. The van der Waals surface area contributed by atoms with Gasteiger partial charge in [-0.1, -0.05) is 41.5 Å². The van der Waals surface area contributed by atoms with Gasteiger partial charge in [0.05, 0.1) is 6.61 Å². The van der Waals surface area contributed by atoms with Crippen LogP contribution in [0.25, 0.3) is 21.2 Å². The summed E-state index contributed by atoms with van der Waals surface area (Å²) in [6.07, 6.45) is -4.53. The molecule has 17 heteroatoms. The van der Waals surface area contributed by atoms with Gasteiger partial charge in [-0.2, -0.15) is 5.09 Å². The van der Waals surface area contributed by atoms with Crippen LogP contribution in [0.4, 0.5) is 0 Å². The molecule has 1 saturated heterocycles. The first-order valence-corrected chi connectivity index (χ1v) is 14.6. The summed E-state index contributed by atoms with van der Waals surface area (Å²) in [4.78, 5) is 41.2. The lowest BCUT2D eigenvalue weighted by atomic mass is 10.1. The normalized spacial score (nSPS) is 24.1. The molecule has 1 aromatic heterocycles. The first-order valence-electron chi connectivity index (χ1n) is 13.0. The zero-order chi connectivity index (χ0) is 31.6. The van der Waals surface area contributed by atoms with E-state index in [1.54, 1.807) is 57.2 Å². The number of fused-ring (bicyclic) bond motifs is 1. The smallest absolute Gasteiger partial charge is 0.459 e. The van der Waals surface area contributed by atoms with Crippen LogP contribution in [0.3, 0.4) is 0 Å². The van der Waals surface area contributed by atoms with Gasteiger partial charge in [-0.3, -0.25) is 23.7 Å². The molecule has 3 aromatic rings. The highest BCUT2D eigenvalue weighted by atomic mass is 31.2. The second-order valence-corrected chi connectivity index (χ2v) is 12.4. The molecule has 0 aliphatic carbocycles. The molecule has 1 fully saturated rings. The minimum atomic E-state index is -4.62. The first-order chi connectivity index (χ1) is 20.2. The van der Waals surface area contributed by atoms with E-state index in [4.69, 9.17) is 18.5 Å². The van der Waals surface area contributed by atoms with Gasteiger partial charge in [-0.15, -0.1) is 0 Å². The Morgan fingerprint density at radius 1 is 1.23 bits per heavy atom. The molecule has 0 amide bonds. The standard InChI is InChI=1S/C26H31N6O10P/c1-15(23(36)41-25(2,3)4)29-43(38,42-18-11-7-9-16-8-5-6-10-17(16)18)39-14-26(30-31-27)21(35)20(34)22(40-26)32-13-12-19(33)28-24(32)37/h5-13,15,20-22,34-35H,14H2,1-4H3,(H,29,38)(H,28,33,37)/t15-,20+,21-,22+,26+,43?/m0/s1. The lowest BCUT2D eigenvalue weighted by Crippen LogP contribution is -2.46. The van der Waals surface area contributed by atoms with E-state index < -0.39 is 67.4 Å². The number of aliphatic hydroxyl groups is 2. The summed E-state index contributed by atoms with van der Waals surface area (Å²) >= 11 is 0. The number of carbonyl (C=O) groups excluding carboxylic acids is 1. The number of esters is 1. The highest BCUT2D eigenvalue weighted by molar-refractivity contribution is 7.52. The quantitative estimate of drug-likeness (QED) is 0.0848. The summed E-state index contributed by atoms with van der Waals surface area (Å²) in [5.74, 6) is -0.679. The Morgan fingerprint density at radius 2 is 1.93 bits per heavy atom. The lowest BCUT2D eigenvalue weighted by Gasteiger charge is -2.30. The van der Waals surface area contributed by atoms with Crippen molar-refractivity contribution in [2.24, 2.45) is 5.11 Å². The number of aromatic nitrogens is 2. The van der Waals surface area contributed by atoms with Crippen LogP contribution in [0.15, 0.2) is 69.4 Å². The second kappa shape index (κ2) is 12.3. The summed E-state index contributed by atoms with van der Waals surface area (Å²) in [6, 6.07) is 11.7. The summed E-state index contributed by atoms with van der Waals surface area (Å²) in [5, 5.41) is 28.9. The minimum absolute atomic E-state index is 0.105. The number of carbonyl (C=O) groups is 1. The number of H-pyrrole nitrogens is 1. The van der Waals surface area contributed by atoms with Gasteiger partial charge in [0.1, 0.15) is 29.6 Å². The van der Waals surface area contributed by atoms with Crippen molar-refractivity contribution in [3.63, 3.8) is 0 Å². The zero-order valence-corrected chi connectivity index (χ0v) is 24.5. The number of aromatic amines is 1. The molecule has 43 heavy (non-hydrogen) atoms. The molecule has 4 rings (SSSR count). The molecule has 230 valence electrons. The van der Waals surface area contributed by atoms with E-state index in [9.17, 15) is 34.7 Å². The fraction of sp³-hybridized carbons (Fsp3) is 0.423. The fourth-order valence-corrected chi connectivity index (χ4v) is 5.81. The fourth-order valence-electron chi connectivity index (χ4n) is 4.28. The van der Waals surface area contributed by atoms with E-state index in [1.807, 2.05) is 4.98 Å². The van der Waals surface area contributed by atoms with Gasteiger partial charge in [0.2, 0.25) is 5.72 Å². The molecule has 2 heterocycles. The van der Waals surface area contributed by atoms with Crippen molar-refractivity contribution in [2.75, 3.05) is 6.61 Å². The molecule has 16 nitrogen and oxygen atoms in total. The van der Waals surface area contributed by atoms with Crippen LogP contribution in [0.5, 0.6) is 5.75 Å².